The first-order chi connectivity index (χ1) is 8.50. The molecule has 2 aromatic rings. The molecule has 18 heavy (non-hydrogen) atoms. The number of aromatic nitrogens is 1. The number of benzene rings is 1. The van der Waals surface area contributed by atoms with Gasteiger partial charge in [-0.25, -0.2) is 0 Å². The van der Waals surface area contributed by atoms with Gasteiger partial charge in [0.1, 0.15) is 0 Å². The SMILES string of the molecule is OCc1cc(C(F)(F)F)cc(-c2ccccc2)n1. The third kappa shape index (κ3) is 2.68. The van der Waals surface area contributed by atoms with Crippen LogP contribution in [0, 0.1) is 0 Å². The molecule has 5 heteroatoms. The molecule has 0 bridgehead atoms. The van der Waals surface area contributed by atoms with Crippen LogP contribution in [0.25, 0.3) is 11.3 Å². The lowest BCUT2D eigenvalue weighted by Gasteiger charge is -2.10. The van der Waals surface area contributed by atoms with Crippen molar-refractivity contribution in [2.75, 3.05) is 0 Å². The molecule has 1 heterocycles. The minimum atomic E-state index is -4.45. The van der Waals surface area contributed by atoms with Crippen molar-refractivity contribution in [3.63, 3.8) is 0 Å². The van der Waals surface area contributed by atoms with Crippen molar-refractivity contribution in [3.8, 4) is 11.3 Å². The van der Waals surface area contributed by atoms with E-state index in [2.05, 4.69) is 4.98 Å². The molecule has 1 aromatic heterocycles. The highest BCUT2D eigenvalue weighted by molar-refractivity contribution is 5.60. The van der Waals surface area contributed by atoms with E-state index in [0.717, 1.165) is 12.1 Å². The fraction of sp³-hybridized carbons (Fsp3) is 0.154. The summed E-state index contributed by atoms with van der Waals surface area (Å²) in [5, 5.41) is 8.97. The molecule has 0 saturated carbocycles. The molecule has 0 amide bonds. The van der Waals surface area contributed by atoms with Crippen LogP contribution >= 0.6 is 0 Å². The summed E-state index contributed by atoms with van der Waals surface area (Å²) in [5.41, 5.74) is -0.0168. The van der Waals surface area contributed by atoms with Gasteiger partial charge in [0.2, 0.25) is 0 Å². The van der Waals surface area contributed by atoms with Gasteiger partial charge in [0.05, 0.1) is 23.6 Å². The van der Waals surface area contributed by atoms with E-state index in [0.29, 0.717) is 5.56 Å². The van der Waals surface area contributed by atoms with Gasteiger partial charge in [-0.05, 0) is 12.1 Å². The van der Waals surface area contributed by atoms with Crippen LogP contribution < -0.4 is 0 Å². The van der Waals surface area contributed by atoms with Crippen molar-refractivity contribution < 1.29 is 18.3 Å². The molecule has 0 atom stereocenters. The van der Waals surface area contributed by atoms with Crippen LogP contribution in [0.4, 0.5) is 13.2 Å². The number of nitrogens with zero attached hydrogens (tertiary/aromatic N) is 1. The molecule has 0 aliphatic rings. The summed E-state index contributed by atoms with van der Waals surface area (Å²) in [7, 11) is 0. The highest BCUT2D eigenvalue weighted by Gasteiger charge is 2.31. The summed E-state index contributed by atoms with van der Waals surface area (Å²) in [4.78, 5) is 3.99. The first-order valence-electron chi connectivity index (χ1n) is 5.25. The molecule has 1 aromatic carbocycles. The third-order valence-corrected chi connectivity index (χ3v) is 2.44. The Morgan fingerprint density at radius 3 is 2.28 bits per heavy atom. The van der Waals surface area contributed by atoms with Gasteiger partial charge in [0.25, 0.3) is 0 Å². The number of hydrogen-bond acceptors (Lipinski definition) is 2. The van der Waals surface area contributed by atoms with Gasteiger partial charge < -0.3 is 5.11 Å². The summed E-state index contributed by atoms with van der Waals surface area (Å²) in [5.74, 6) is 0. The molecule has 1 N–H and O–H groups in total. The monoisotopic (exact) mass is 253 g/mol. The van der Waals surface area contributed by atoms with Gasteiger partial charge in [-0.15, -0.1) is 0 Å². The lowest BCUT2D eigenvalue weighted by atomic mass is 10.1. The topological polar surface area (TPSA) is 33.1 Å². The number of aliphatic hydroxyl groups excluding tert-OH is 1. The average molecular weight is 253 g/mol. The summed E-state index contributed by atoms with van der Waals surface area (Å²) < 4.78 is 38.1. The maximum absolute atomic E-state index is 12.7. The second-order valence-corrected chi connectivity index (χ2v) is 3.75. The largest absolute Gasteiger partial charge is 0.416 e. The Hall–Kier alpha value is -1.88. The highest BCUT2D eigenvalue weighted by atomic mass is 19.4. The highest BCUT2D eigenvalue weighted by Crippen LogP contribution is 2.32. The van der Waals surface area contributed by atoms with E-state index < -0.39 is 18.3 Å². The quantitative estimate of drug-likeness (QED) is 0.891. The van der Waals surface area contributed by atoms with Gasteiger partial charge in [0, 0.05) is 5.56 Å². The molecular weight excluding hydrogens is 243 g/mol. The van der Waals surface area contributed by atoms with Gasteiger partial charge in [0.15, 0.2) is 0 Å². The molecule has 0 saturated heterocycles. The van der Waals surface area contributed by atoms with E-state index in [1.807, 2.05) is 0 Å². The second kappa shape index (κ2) is 4.78. The molecule has 2 nitrogen and oxygen atoms in total. The van der Waals surface area contributed by atoms with E-state index in [9.17, 15) is 13.2 Å². The van der Waals surface area contributed by atoms with Gasteiger partial charge >= 0.3 is 6.18 Å². The Morgan fingerprint density at radius 2 is 1.72 bits per heavy atom. The van der Waals surface area contributed by atoms with E-state index in [4.69, 9.17) is 5.11 Å². The van der Waals surface area contributed by atoms with Crippen molar-refractivity contribution in [1.29, 1.82) is 0 Å². The lowest BCUT2D eigenvalue weighted by molar-refractivity contribution is -0.137. The van der Waals surface area contributed by atoms with Crippen molar-refractivity contribution in [3.05, 3.63) is 53.7 Å². The molecule has 2 rings (SSSR count). The zero-order valence-corrected chi connectivity index (χ0v) is 9.28. The minimum Gasteiger partial charge on any atom is -0.390 e. The smallest absolute Gasteiger partial charge is 0.390 e. The Balaban J connectivity index is 2.55. The van der Waals surface area contributed by atoms with E-state index in [1.54, 1.807) is 30.3 Å². The number of halogens is 3. The lowest BCUT2D eigenvalue weighted by Crippen LogP contribution is -2.07. The van der Waals surface area contributed by atoms with Crippen molar-refractivity contribution in [1.82, 2.24) is 4.98 Å². The van der Waals surface area contributed by atoms with Crippen molar-refractivity contribution >= 4 is 0 Å². The Bertz CT molecular complexity index is 538. The molecule has 0 spiro atoms. The average Bonchev–Trinajstić information content (AvgIpc) is 2.38. The third-order valence-electron chi connectivity index (χ3n) is 2.44. The van der Waals surface area contributed by atoms with Crippen LogP contribution in [-0.2, 0) is 12.8 Å². The van der Waals surface area contributed by atoms with E-state index >= 15 is 0 Å². The number of aliphatic hydroxyl groups is 1. The van der Waals surface area contributed by atoms with Crippen LogP contribution in [-0.4, -0.2) is 10.1 Å². The summed E-state index contributed by atoms with van der Waals surface area (Å²) in [6.07, 6.45) is -4.45. The fourth-order valence-corrected chi connectivity index (χ4v) is 1.59. The predicted molar refractivity (Wildman–Crippen MR) is 60.6 cm³/mol. The van der Waals surface area contributed by atoms with Gasteiger partial charge in [-0.2, -0.15) is 13.2 Å². The Morgan fingerprint density at radius 1 is 1.06 bits per heavy atom. The van der Waals surface area contributed by atoms with Crippen LogP contribution in [0.3, 0.4) is 0 Å². The molecule has 0 aliphatic carbocycles. The van der Waals surface area contributed by atoms with Crippen molar-refractivity contribution in [2.45, 2.75) is 12.8 Å². The molecular formula is C13H10F3NO. The number of alkyl halides is 3. The van der Waals surface area contributed by atoms with Crippen LogP contribution in [0.1, 0.15) is 11.3 Å². The number of hydrogen-bond donors (Lipinski definition) is 1. The standard InChI is InChI=1S/C13H10F3NO/c14-13(15,16)10-6-11(8-18)17-12(7-10)9-4-2-1-3-5-9/h1-7,18H,8H2. The fourth-order valence-electron chi connectivity index (χ4n) is 1.59. The molecule has 0 aliphatic heterocycles. The maximum atomic E-state index is 12.7. The molecule has 0 unspecified atom stereocenters. The van der Waals surface area contributed by atoms with E-state index in [1.165, 1.54) is 0 Å². The summed E-state index contributed by atoms with van der Waals surface area (Å²) in [6.45, 7) is -0.524. The second-order valence-electron chi connectivity index (χ2n) is 3.75. The molecule has 0 fully saturated rings. The van der Waals surface area contributed by atoms with Gasteiger partial charge in [-0.1, -0.05) is 30.3 Å². The summed E-state index contributed by atoms with van der Waals surface area (Å²) >= 11 is 0. The summed E-state index contributed by atoms with van der Waals surface area (Å²) in [6, 6.07) is 10.4. The predicted octanol–water partition coefficient (Wildman–Crippen LogP) is 3.26. The van der Waals surface area contributed by atoms with Crippen LogP contribution in [0.2, 0.25) is 0 Å². The molecule has 0 radical (unpaired) electrons. The molecule has 94 valence electrons. The first kappa shape index (κ1) is 12.6. The van der Waals surface area contributed by atoms with Crippen molar-refractivity contribution in [2.24, 2.45) is 0 Å². The van der Waals surface area contributed by atoms with Gasteiger partial charge in [-0.3, -0.25) is 4.98 Å². The zero-order valence-electron chi connectivity index (χ0n) is 9.28. The number of rotatable bonds is 2. The van der Waals surface area contributed by atoms with Crippen LogP contribution in [0.15, 0.2) is 42.5 Å². The first-order valence-corrected chi connectivity index (χ1v) is 5.25. The zero-order chi connectivity index (χ0) is 13.2. The maximum Gasteiger partial charge on any atom is 0.416 e. The normalized spacial score (nSPS) is 11.6. The van der Waals surface area contributed by atoms with E-state index in [-0.39, 0.29) is 11.4 Å². The Labute approximate surface area is 102 Å². The Kier molecular flexibility index (Phi) is 3.34. The van der Waals surface area contributed by atoms with Crippen LogP contribution in [0.5, 0.6) is 0 Å². The number of pyridine rings is 1. The minimum absolute atomic E-state index is 0.00341.